The van der Waals surface area contributed by atoms with Crippen molar-refractivity contribution in [3.8, 4) is 0 Å². The van der Waals surface area contributed by atoms with Gasteiger partial charge in [-0.15, -0.1) is 0 Å². The maximum Gasteiger partial charge on any atom is 0.108 e. The molecule has 4 heteroatoms. The molecule has 0 atom stereocenters. The summed E-state index contributed by atoms with van der Waals surface area (Å²) in [6, 6.07) is 4.40. The van der Waals surface area contributed by atoms with Crippen molar-refractivity contribution >= 4 is 22.6 Å². The van der Waals surface area contributed by atoms with E-state index in [1.165, 1.54) is 0 Å². The standard InChI is InChI=1S/C13H18ClN3/c1-8(2)15-7-6-12-16-11-5-4-10(14)9(3)13(11)17-12/h4-5,8,15H,6-7H2,1-3H3,(H,16,17). The molecule has 2 N–H and O–H groups in total. The lowest BCUT2D eigenvalue weighted by atomic mass is 10.2. The van der Waals surface area contributed by atoms with Crippen molar-refractivity contribution in [1.82, 2.24) is 15.3 Å². The lowest BCUT2D eigenvalue weighted by Gasteiger charge is -2.05. The highest BCUT2D eigenvalue weighted by atomic mass is 35.5. The second kappa shape index (κ2) is 5.07. The molecule has 3 nitrogen and oxygen atoms in total. The van der Waals surface area contributed by atoms with Crippen molar-refractivity contribution in [2.45, 2.75) is 33.2 Å². The average Bonchev–Trinajstić information content (AvgIpc) is 2.67. The van der Waals surface area contributed by atoms with Gasteiger partial charge >= 0.3 is 0 Å². The number of fused-ring (bicyclic) bond motifs is 1. The van der Waals surface area contributed by atoms with E-state index in [9.17, 15) is 0 Å². The number of aromatic amines is 1. The number of nitrogens with zero attached hydrogens (tertiary/aromatic N) is 1. The number of imidazole rings is 1. The summed E-state index contributed by atoms with van der Waals surface area (Å²) in [6.45, 7) is 7.22. The van der Waals surface area contributed by atoms with Crippen LogP contribution in [0.4, 0.5) is 0 Å². The quantitative estimate of drug-likeness (QED) is 0.877. The number of aryl methyl sites for hydroxylation is 1. The molecule has 2 aromatic rings. The molecule has 0 unspecified atom stereocenters. The average molecular weight is 252 g/mol. The van der Waals surface area contributed by atoms with E-state index in [1.54, 1.807) is 0 Å². The van der Waals surface area contributed by atoms with Crippen molar-refractivity contribution < 1.29 is 0 Å². The van der Waals surface area contributed by atoms with E-state index < -0.39 is 0 Å². The molecule has 0 saturated carbocycles. The van der Waals surface area contributed by atoms with Crippen molar-refractivity contribution in [3.63, 3.8) is 0 Å². The number of rotatable bonds is 4. The number of benzene rings is 1. The first kappa shape index (κ1) is 12.4. The minimum Gasteiger partial charge on any atom is -0.342 e. The maximum atomic E-state index is 6.08. The SMILES string of the molecule is Cc1c(Cl)ccc2[nH]c(CCNC(C)C)nc12. The molecule has 92 valence electrons. The molecule has 1 heterocycles. The molecule has 17 heavy (non-hydrogen) atoms. The molecule has 0 fully saturated rings. The van der Waals surface area contributed by atoms with Gasteiger partial charge in [0.25, 0.3) is 0 Å². The molecule has 1 aromatic carbocycles. The Morgan fingerprint density at radius 3 is 2.88 bits per heavy atom. The van der Waals surface area contributed by atoms with Crippen LogP contribution in [0.3, 0.4) is 0 Å². The van der Waals surface area contributed by atoms with Crippen LogP contribution in [0.15, 0.2) is 12.1 Å². The molecule has 0 aliphatic carbocycles. The Balaban J connectivity index is 2.17. The van der Waals surface area contributed by atoms with Crippen LogP contribution in [0.25, 0.3) is 11.0 Å². The van der Waals surface area contributed by atoms with Crippen molar-refractivity contribution in [2.24, 2.45) is 0 Å². The highest BCUT2D eigenvalue weighted by Crippen LogP contribution is 2.23. The minimum absolute atomic E-state index is 0.510. The van der Waals surface area contributed by atoms with Crippen LogP contribution in [0, 0.1) is 6.92 Å². The number of hydrogen-bond acceptors (Lipinski definition) is 2. The molecular weight excluding hydrogens is 234 g/mol. The van der Waals surface area contributed by atoms with Crippen LogP contribution in [0.2, 0.25) is 5.02 Å². The highest BCUT2D eigenvalue weighted by Gasteiger charge is 2.07. The van der Waals surface area contributed by atoms with Gasteiger partial charge < -0.3 is 10.3 Å². The third kappa shape index (κ3) is 2.79. The Morgan fingerprint density at radius 1 is 1.41 bits per heavy atom. The fourth-order valence-electron chi connectivity index (χ4n) is 1.84. The zero-order chi connectivity index (χ0) is 12.4. The summed E-state index contributed by atoms with van der Waals surface area (Å²) in [4.78, 5) is 7.92. The maximum absolute atomic E-state index is 6.08. The van der Waals surface area contributed by atoms with E-state index in [4.69, 9.17) is 11.6 Å². The second-order valence-electron chi connectivity index (χ2n) is 4.61. The van der Waals surface area contributed by atoms with E-state index in [-0.39, 0.29) is 0 Å². The van der Waals surface area contributed by atoms with Crippen molar-refractivity contribution in [3.05, 3.63) is 28.5 Å². The summed E-state index contributed by atoms with van der Waals surface area (Å²) in [7, 11) is 0. The Kier molecular flexibility index (Phi) is 3.69. The lowest BCUT2D eigenvalue weighted by Crippen LogP contribution is -2.25. The predicted molar refractivity (Wildman–Crippen MR) is 72.7 cm³/mol. The second-order valence-corrected chi connectivity index (χ2v) is 5.02. The highest BCUT2D eigenvalue weighted by molar-refractivity contribution is 6.32. The summed E-state index contributed by atoms with van der Waals surface area (Å²) >= 11 is 6.08. The van der Waals surface area contributed by atoms with Crippen molar-refractivity contribution in [2.75, 3.05) is 6.54 Å². The first-order valence-electron chi connectivity index (χ1n) is 5.95. The van der Waals surface area contributed by atoms with Crippen LogP contribution in [0.1, 0.15) is 25.2 Å². The molecule has 1 aromatic heterocycles. The van der Waals surface area contributed by atoms with Gasteiger partial charge in [-0.2, -0.15) is 0 Å². The van der Waals surface area contributed by atoms with Crippen LogP contribution in [-0.4, -0.2) is 22.6 Å². The summed E-state index contributed by atoms with van der Waals surface area (Å²) in [6.07, 6.45) is 0.907. The molecule has 0 aliphatic rings. The van der Waals surface area contributed by atoms with Gasteiger partial charge in [0, 0.05) is 24.0 Å². The van der Waals surface area contributed by atoms with Gasteiger partial charge in [0.05, 0.1) is 11.0 Å². The fourth-order valence-corrected chi connectivity index (χ4v) is 1.99. The third-order valence-electron chi connectivity index (χ3n) is 2.81. The topological polar surface area (TPSA) is 40.7 Å². The molecule has 0 amide bonds. The Hall–Kier alpha value is -1.06. The van der Waals surface area contributed by atoms with Gasteiger partial charge in [-0.25, -0.2) is 4.98 Å². The van der Waals surface area contributed by atoms with Crippen LogP contribution in [-0.2, 0) is 6.42 Å². The minimum atomic E-state index is 0.510. The zero-order valence-electron chi connectivity index (χ0n) is 10.5. The number of nitrogens with one attached hydrogen (secondary N) is 2. The van der Waals surface area contributed by atoms with Gasteiger partial charge in [-0.1, -0.05) is 25.4 Å². The van der Waals surface area contributed by atoms with Gasteiger partial charge in [-0.3, -0.25) is 0 Å². The number of halogens is 1. The molecule has 0 radical (unpaired) electrons. The molecule has 0 saturated heterocycles. The fraction of sp³-hybridized carbons (Fsp3) is 0.462. The lowest BCUT2D eigenvalue weighted by molar-refractivity contribution is 0.585. The van der Waals surface area contributed by atoms with Crippen LogP contribution in [0.5, 0.6) is 0 Å². The number of H-pyrrole nitrogens is 1. The molecule has 0 bridgehead atoms. The number of aromatic nitrogens is 2. The van der Waals surface area contributed by atoms with Gasteiger partial charge in [0.1, 0.15) is 5.82 Å². The van der Waals surface area contributed by atoms with E-state index in [1.807, 2.05) is 19.1 Å². The predicted octanol–water partition coefficient (Wildman–Crippen LogP) is 3.07. The van der Waals surface area contributed by atoms with Gasteiger partial charge in [-0.05, 0) is 24.6 Å². The third-order valence-corrected chi connectivity index (χ3v) is 3.21. The molecule has 0 spiro atoms. The van der Waals surface area contributed by atoms with E-state index in [0.717, 1.165) is 40.4 Å². The number of hydrogen-bond donors (Lipinski definition) is 2. The monoisotopic (exact) mass is 251 g/mol. The van der Waals surface area contributed by atoms with Gasteiger partial charge in [0.2, 0.25) is 0 Å². The van der Waals surface area contributed by atoms with E-state index >= 15 is 0 Å². The largest absolute Gasteiger partial charge is 0.342 e. The first-order valence-corrected chi connectivity index (χ1v) is 6.33. The summed E-state index contributed by atoms with van der Waals surface area (Å²) in [5.74, 6) is 1.01. The summed E-state index contributed by atoms with van der Waals surface area (Å²) in [5, 5.41) is 4.15. The molecule has 0 aliphatic heterocycles. The smallest absolute Gasteiger partial charge is 0.108 e. The Morgan fingerprint density at radius 2 is 2.18 bits per heavy atom. The Bertz CT molecular complexity index is 517. The van der Waals surface area contributed by atoms with Crippen LogP contribution < -0.4 is 5.32 Å². The van der Waals surface area contributed by atoms with Crippen molar-refractivity contribution in [1.29, 1.82) is 0 Å². The molecular formula is C13H18ClN3. The van der Waals surface area contributed by atoms with E-state index in [0.29, 0.717) is 6.04 Å². The summed E-state index contributed by atoms with van der Waals surface area (Å²) in [5.41, 5.74) is 3.09. The summed E-state index contributed by atoms with van der Waals surface area (Å²) < 4.78 is 0. The van der Waals surface area contributed by atoms with E-state index in [2.05, 4.69) is 29.1 Å². The first-order chi connectivity index (χ1) is 8.08. The molecule has 2 rings (SSSR count). The van der Waals surface area contributed by atoms with Crippen LogP contribution >= 0.6 is 11.6 Å². The Labute approximate surface area is 107 Å². The normalized spacial score (nSPS) is 11.6. The zero-order valence-corrected chi connectivity index (χ0v) is 11.2. The van der Waals surface area contributed by atoms with Gasteiger partial charge in [0.15, 0.2) is 0 Å².